The van der Waals surface area contributed by atoms with Crippen LogP contribution in [0.2, 0.25) is 0 Å². The third-order valence-corrected chi connectivity index (χ3v) is 3.65. The van der Waals surface area contributed by atoms with Gasteiger partial charge in [-0.3, -0.25) is 0 Å². The molecule has 0 heterocycles. The first kappa shape index (κ1) is 12.2. The second-order valence-corrected chi connectivity index (χ2v) is 4.85. The van der Waals surface area contributed by atoms with E-state index in [1.165, 1.54) is 25.3 Å². The van der Waals surface area contributed by atoms with E-state index < -0.39 is 5.82 Å². The molecule has 0 amide bonds. The van der Waals surface area contributed by atoms with Gasteiger partial charge >= 0.3 is 0 Å². The summed E-state index contributed by atoms with van der Waals surface area (Å²) in [7, 11) is 0. The van der Waals surface area contributed by atoms with Crippen LogP contribution < -0.4 is 10.5 Å². The van der Waals surface area contributed by atoms with Crippen LogP contribution in [-0.2, 0) is 0 Å². The molecule has 2 N–H and O–H groups in total. The lowest BCUT2D eigenvalue weighted by atomic mass is 9.86. The molecule has 1 fully saturated rings. The number of halogens is 1. The molecule has 0 spiro atoms. The molecule has 1 aromatic carbocycles. The number of ether oxygens (including phenoxy) is 1. The fourth-order valence-corrected chi connectivity index (χ4v) is 2.43. The largest absolute Gasteiger partial charge is 0.490 e. The fourth-order valence-electron chi connectivity index (χ4n) is 2.43. The van der Waals surface area contributed by atoms with Crippen molar-refractivity contribution >= 4 is 5.69 Å². The molecule has 17 heavy (non-hydrogen) atoms. The summed E-state index contributed by atoms with van der Waals surface area (Å²) in [6, 6.07) is 4.67. The van der Waals surface area contributed by atoms with E-state index >= 15 is 0 Å². The predicted molar refractivity (Wildman–Crippen MR) is 67.5 cm³/mol. The first-order valence-electron chi connectivity index (χ1n) is 6.40. The lowest BCUT2D eigenvalue weighted by Gasteiger charge is -2.28. The molecule has 0 bridgehead atoms. The Balaban J connectivity index is 1.91. The Labute approximate surface area is 102 Å². The minimum atomic E-state index is -0.398. The standard InChI is InChI=1S/C14H20FNO/c1-2-10-3-5-11(6-4-10)17-12-7-8-14(16)13(15)9-12/h7-11H,2-6,16H2,1H3. The van der Waals surface area contributed by atoms with Gasteiger partial charge in [-0.2, -0.15) is 0 Å². The van der Waals surface area contributed by atoms with Crippen LogP contribution in [0.1, 0.15) is 39.0 Å². The van der Waals surface area contributed by atoms with Crippen LogP contribution >= 0.6 is 0 Å². The smallest absolute Gasteiger partial charge is 0.149 e. The zero-order valence-corrected chi connectivity index (χ0v) is 10.3. The van der Waals surface area contributed by atoms with Gasteiger partial charge in [0, 0.05) is 6.07 Å². The van der Waals surface area contributed by atoms with Crippen molar-refractivity contribution in [2.75, 3.05) is 5.73 Å². The number of hydrogen-bond donors (Lipinski definition) is 1. The summed E-state index contributed by atoms with van der Waals surface area (Å²) >= 11 is 0. The van der Waals surface area contributed by atoms with Gasteiger partial charge in [0.2, 0.25) is 0 Å². The van der Waals surface area contributed by atoms with Crippen LogP contribution in [0.5, 0.6) is 5.75 Å². The number of nitrogens with two attached hydrogens (primary N) is 1. The Morgan fingerprint density at radius 1 is 1.29 bits per heavy atom. The summed E-state index contributed by atoms with van der Waals surface area (Å²) in [6.07, 6.45) is 6.08. The van der Waals surface area contributed by atoms with Gasteiger partial charge in [0.15, 0.2) is 0 Å². The van der Waals surface area contributed by atoms with E-state index in [0.29, 0.717) is 5.75 Å². The molecule has 0 unspecified atom stereocenters. The maximum absolute atomic E-state index is 13.2. The average Bonchev–Trinajstić information content (AvgIpc) is 2.35. The molecule has 94 valence electrons. The molecule has 3 heteroatoms. The fraction of sp³-hybridized carbons (Fsp3) is 0.571. The Morgan fingerprint density at radius 2 is 2.00 bits per heavy atom. The van der Waals surface area contributed by atoms with Crippen molar-refractivity contribution in [3.63, 3.8) is 0 Å². The number of rotatable bonds is 3. The zero-order valence-electron chi connectivity index (χ0n) is 10.3. The number of anilines is 1. The quantitative estimate of drug-likeness (QED) is 0.812. The normalized spacial score (nSPS) is 24.6. The van der Waals surface area contributed by atoms with Crippen LogP contribution in [0.15, 0.2) is 18.2 Å². The second kappa shape index (κ2) is 5.39. The Kier molecular flexibility index (Phi) is 3.87. The highest BCUT2D eigenvalue weighted by molar-refractivity contribution is 5.43. The van der Waals surface area contributed by atoms with Crippen molar-refractivity contribution in [3.05, 3.63) is 24.0 Å². The van der Waals surface area contributed by atoms with Crippen LogP contribution in [0.25, 0.3) is 0 Å². The molecule has 1 aliphatic rings. The van der Waals surface area contributed by atoms with Crippen LogP contribution in [-0.4, -0.2) is 6.10 Å². The summed E-state index contributed by atoms with van der Waals surface area (Å²) in [5, 5.41) is 0. The third kappa shape index (κ3) is 3.11. The molecule has 1 saturated carbocycles. The third-order valence-electron chi connectivity index (χ3n) is 3.65. The molecule has 0 saturated heterocycles. The average molecular weight is 237 g/mol. The molecular weight excluding hydrogens is 217 g/mol. The van der Waals surface area contributed by atoms with Crippen molar-refractivity contribution in [3.8, 4) is 5.75 Å². The van der Waals surface area contributed by atoms with Gasteiger partial charge in [-0.1, -0.05) is 13.3 Å². The van der Waals surface area contributed by atoms with Crippen molar-refractivity contribution in [2.24, 2.45) is 5.92 Å². The molecule has 0 radical (unpaired) electrons. The minimum Gasteiger partial charge on any atom is -0.490 e. The molecule has 1 aliphatic carbocycles. The second-order valence-electron chi connectivity index (χ2n) is 4.85. The van der Waals surface area contributed by atoms with Crippen LogP contribution in [0.3, 0.4) is 0 Å². The number of benzene rings is 1. The molecule has 0 atom stereocenters. The number of hydrogen-bond acceptors (Lipinski definition) is 2. The Bertz CT molecular complexity index is 372. The monoisotopic (exact) mass is 237 g/mol. The van der Waals surface area contributed by atoms with E-state index in [1.54, 1.807) is 12.1 Å². The first-order valence-corrected chi connectivity index (χ1v) is 6.40. The van der Waals surface area contributed by atoms with Gasteiger partial charge in [0.05, 0.1) is 11.8 Å². The molecular formula is C14H20FNO. The van der Waals surface area contributed by atoms with Crippen molar-refractivity contribution in [1.29, 1.82) is 0 Å². The van der Waals surface area contributed by atoms with Crippen molar-refractivity contribution in [1.82, 2.24) is 0 Å². The van der Waals surface area contributed by atoms with Crippen molar-refractivity contribution in [2.45, 2.75) is 45.1 Å². The van der Waals surface area contributed by atoms with E-state index in [-0.39, 0.29) is 11.8 Å². The highest BCUT2D eigenvalue weighted by Gasteiger charge is 2.21. The SMILES string of the molecule is CCC1CCC(Oc2ccc(N)c(F)c2)CC1. The van der Waals surface area contributed by atoms with Gasteiger partial charge in [0.25, 0.3) is 0 Å². The Morgan fingerprint density at radius 3 is 2.59 bits per heavy atom. The van der Waals surface area contributed by atoms with Gasteiger partial charge in [-0.05, 0) is 43.7 Å². The summed E-state index contributed by atoms with van der Waals surface area (Å²) < 4.78 is 19.0. The zero-order chi connectivity index (χ0) is 12.3. The van der Waals surface area contributed by atoms with E-state index in [4.69, 9.17) is 10.5 Å². The highest BCUT2D eigenvalue weighted by atomic mass is 19.1. The lowest BCUT2D eigenvalue weighted by molar-refractivity contribution is 0.129. The van der Waals surface area contributed by atoms with Crippen LogP contribution in [0.4, 0.5) is 10.1 Å². The minimum absolute atomic E-state index is 0.173. The topological polar surface area (TPSA) is 35.2 Å². The number of nitrogen functional groups attached to an aromatic ring is 1. The van der Waals surface area contributed by atoms with Gasteiger partial charge in [-0.15, -0.1) is 0 Å². The predicted octanol–water partition coefficient (Wildman–Crippen LogP) is 3.76. The van der Waals surface area contributed by atoms with E-state index in [9.17, 15) is 4.39 Å². The van der Waals surface area contributed by atoms with E-state index in [2.05, 4.69) is 6.92 Å². The van der Waals surface area contributed by atoms with E-state index in [1.807, 2.05) is 0 Å². The maximum Gasteiger partial charge on any atom is 0.149 e. The molecule has 0 aliphatic heterocycles. The first-order chi connectivity index (χ1) is 8.19. The molecule has 2 rings (SSSR count). The lowest BCUT2D eigenvalue weighted by Crippen LogP contribution is -2.23. The summed E-state index contributed by atoms with van der Waals surface area (Å²) in [5.41, 5.74) is 5.60. The molecule has 1 aromatic rings. The summed E-state index contributed by atoms with van der Waals surface area (Å²) in [5.74, 6) is 1.04. The van der Waals surface area contributed by atoms with Gasteiger partial charge in [0.1, 0.15) is 11.6 Å². The Hall–Kier alpha value is -1.25. The van der Waals surface area contributed by atoms with E-state index in [0.717, 1.165) is 18.8 Å². The van der Waals surface area contributed by atoms with Crippen LogP contribution in [0, 0.1) is 11.7 Å². The summed E-state index contributed by atoms with van der Waals surface area (Å²) in [4.78, 5) is 0. The molecule has 2 nitrogen and oxygen atoms in total. The summed E-state index contributed by atoms with van der Waals surface area (Å²) in [6.45, 7) is 2.24. The van der Waals surface area contributed by atoms with Gasteiger partial charge in [-0.25, -0.2) is 4.39 Å². The van der Waals surface area contributed by atoms with Crippen molar-refractivity contribution < 1.29 is 9.13 Å². The van der Waals surface area contributed by atoms with Gasteiger partial charge < -0.3 is 10.5 Å². The highest BCUT2D eigenvalue weighted by Crippen LogP contribution is 2.29. The molecule has 0 aromatic heterocycles. The maximum atomic E-state index is 13.2.